The van der Waals surface area contributed by atoms with E-state index in [1.54, 1.807) is 0 Å². The van der Waals surface area contributed by atoms with Crippen molar-refractivity contribution in [2.24, 2.45) is 0 Å². The van der Waals surface area contributed by atoms with Crippen molar-refractivity contribution in [3.05, 3.63) is 47.4 Å². The zero-order chi connectivity index (χ0) is 11.5. The highest BCUT2D eigenvalue weighted by molar-refractivity contribution is 6.29. The largest absolute Gasteiger partial charge is 0.306 e. The summed E-state index contributed by atoms with van der Waals surface area (Å²) in [5.74, 6) is 0. The van der Waals surface area contributed by atoms with Crippen LogP contribution in [0.4, 0.5) is 0 Å². The molecule has 0 aliphatic heterocycles. The van der Waals surface area contributed by atoms with Gasteiger partial charge in [0.05, 0.1) is 11.9 Å². The average Bonchev–Trinajstić information content (AvgIpc) is 2.60. The third-order valence-corrected chi connectivity index (χ3v) is 2.49. The van der Waals surface area contributed by atoms with Crippen molar-refractivity contribution in [3.63, 3.8) is 0 Å². The smallest absolute Gasteiger partial charge is 0.136 e. The Hall–Kier alpha value is -1.32. The highest BCUT2D eigenvalue weighted by atomic mass is 35.5. The van der Waals surface area contributed by atoms with Gasteiger partial charge < -0.3 is 9.72 Å². The maximum absolute atomic E-state index is 5.68. The lowest BCUT2D eigenvalue weighted by Crippen LogP contribution is -2.15. The van der Waals surface area contributed by atoms with Crippen LogP contribution in [0.15, 0.2) is 36.1 Å². The number of halogens is 1. The Labute approximate surface area is 99.8 Å². The fourth-order valence-electron chi connectivity index (χ4n) is 1.59. The van der Waals surface area contributed by atoms with Crippen LogP contribution in [0, 0.1) is 6.92 Å². The number of pyridine rings is 1. The van der Waals surface area contributed by atoms with Gasteiger partial charge in [-0.3, -0.25) is 0 Å². The summed E-state index contributed by atoms with van der Waals surface area (Å²) in [6.07, 6.45) is 3.95. The number of fused-ring (bicyclic) bond motifs is 1. The van der Waals surface area contributed by atoms with Gasteiger partial charge in [0.25, 0.3) is 0 Å². The molecule has 2 heterocycles. The number of aryl methyl sites for hydroxylation is 1. The molecule has 0 amide bonds. The van der Waals surface area contributed by atoms with Crippen LogP contribution in [0.5, 0.6) is 0 Å². The lowest BCUT2D eigenvalue weighted by Gasteiger charge is -2.04. The summed E-state index contributed by atoms with van der Waals surface area (Å²) in [6, 6.07) is 4.07. The first kappa shape index (κ1) is 11.2. The quantitative estimate of drug-likeness (QED) is 0.882. The molecule has 0 unspecified atom stereocenters. The van der Waals surface area contributed by atoms with Gasteiger partial charge in [-0.15, -0.1) is 0 Å². The van der Waals surface area contributed by atoms with Crippen LogP contribution in [-0.4, -0.2) is 15.9 Å². The Morgan fingerprint density at radius 3 is 3.12 bits per heavy atom. The summed E-state index contributed by atoms with van der Waals surface area (Å²) in [4.78, 5) is 4.33. The molecular formula is C12H14ClN3. The number of hydrogen-bond acceptors (Lipinski definition) is 2. The molecule has 0 atom stereocenters. The molecule has 4 heteroatoms. The van der Waals surface area contributed by atoms with E-state index in [2.05, 4.69) is 40.5 Å². The van der Waals surface area contributed by atoms with E-state index >= 15 is 0 Å². The van der Waals surface area contributed by atoms with Crippen molar-refractivity contribution in [1.29, 1.82) is 0 Å². The first-order valence-electron chi connectivity index (χ1n) is 5.13. The Morgan fingerprint density at radius 1 is 1.56 bits per heavy atom. The zero-order valence-electron chi connectivity index (χ0n) is 9.20. The Kier molecular flexibility index (Phi) is 3.27. The summed E-state index contributed by atoms with van der Waals surface area (Å²) in [7, 11) is 0. The molecule has 16 heavy (non-hydrogen) atoms. The minimum Gasteiger partial charge on any atom is -0.306 e. The Bertz CT molecular complexity index is 516. The van der Waals surface area contributed by atoms with Crippen molar-refractivity contribution in [1.82, 2.24) is 14.7 Å². The molecule has 3 nitrogen and oxygen atoms in total. The molecule has 0 aliphatic rings. The van der Waals surface area contributed by atoms with Crippen LogP contribution in [0.25, 0.3) is 5.65 Å². The van der Waals surface area contributed by atoms with Crippen molar-refractivity contribution >= 4 is 17.2 Å². The maximum Gasteiger partial charge on any atom is 0.136 e. The highest BCUT2D eigenvalue weighted by Crippen LogP contribution is 2.08. The van der Waals surface area contributed by atoms with Gasteiger partial charge in [0, 0.05) is 24.3 Å². The van der Waals surface area contributed by atoms with E-state index < -0.39 is 0 Å². The normalized spacial score (nSPS) is 10.9. The molecule has 0 bridgehead atoms. The number of hydrogen-bond donors (Lipinski definition) is 1. The molecule has 0 aliphatic carbocycles. The molecule has 0 saturated carbocycles. The van der Waals surface area contributed by atoms with Gasteiger partial charge in [0.15, 0.2) is 0 Å². The van der Waals surface area contributed by atoms with Crippen LogP contribution >= 0.6 is 11.6 Å². The van der Waals surface area contributed by atoms with Gasteiger partial charge in [-0.05, 0) is 18.6 Å². The van der Waals surface area contributed by atoms with Gasteiger partial charge in [-0.1, -0.05) is 24.2 Å². The predicted molar refractivity (Wildman–Crippen MR) is 66.6 cm³/mol. The predicted octanol–water partition coefficient (Wildman–Crippen LogP) is 2.48. The second kappa shape index (κ2) is 4.68. The molecule has 0 aromatic carbocycles. The van der Waals surface area contributed by atoms with Crippen LogP contribution in [0.1, 0.15) is 11.3 Å². The third-order valence-electron chi connectivity index (χ3n) is 2.35. The molecule has 0 saturated heterocycles. The minimum atomic E-state index is 0.612. The van der Waals surface area contributed by atoms with Gasteiger partial charge in [-0.2, -0.15) is 0 Å². The molecular weight excluding hydrogens is 222 g/mol. The van der Waals surface area contributed by atoms with Crippen LogP contribution in [0.3, 0.4) is 0 Å². The van der Waals surface area contributed by atoms with E-state index in [-0.39, 0.29) is 0 Å². The molecule has 2 aromatic heterocycles. The van der Waals surface area contributed by atoms with Crippen molar-refractivity contribution in [3.8, 4) is 0 Å². The van der Waals surface area contributed by atoms with E-state index in [1.165, 1.54) is 5.56 Å². The SMILES string of the molecule is C=C(Cl)CNCc1cnc2ccc(C)cn12. The van der Waals surface area contributed by atoms with Crippen molar-refractivity contribution in [2.45, 2.75) is 13.5 Å². The average molecular weight is 236 g/mol. The molecule has 0 fully saturated rings. The summed E-state index contributed by atoms with van der Waals surface area (Å²) in [5.41, 5.74) is 3.30. The van der Waals surface area contributed by atoms with Crippen LogP contribution in [0.2, 0.25) is 0 Å². The zero-order valence-corrected chi connectivity index (χ0v) is 9.96. The number of nitrogens with one attached hydrogen (secondary N) is 1. The standard InChI is InChI=1S/C12H14ClN3/c1-9-3-4-12-15-7-11(16(12)8-9)6-14-5-10(2)13/h3-4,7-8,14H,2,5-6H2,1H3. The van der Waals surface area contributed by atoms with Crippen molar-refractivity contribution in [2.75, 3.05) is 6.54 Å². The molecule has 0 spiro atoms. The Balaban J connectivity index is 2.17. The summed E-state index contributed by atoms with van der Waals surface area (Å²) < 4.78 is 2.08. The first-order valence-corrected chi connectivity index (χ1v) is 5.51. The van der Waals surface area contributed by atoms with Gasteiger partial charge >= 0.3 is 0 Å². The fraction of sp³-hybridized carbons (Fsp3) is 0.250. The molecule has 0 radical (unpaired) electrons. The summed E-state index contributed by atoms with van der Waals surface area (Å²) in [6.45, 7) is 7.04. The third kappa shape index (κ3) is 2.43. The van der Waals surface area contributed by atoms with E-state index in [0.717, 1.165) is 17.9 Å². The fourth-order valence-corrected chi connectivity index (χ4v) is 1.69. The van der Waals surface area contributed by atoms with E-state index in [9.17, 15) is 0 Å². The van der Waals surface area contributed by atoms with E-state index in [4.69, 9.17) is 11.6 Å². The second-order valence-corrected chi connectivity index (χ2v) is 4.34. The minimum absolute atomic E-state index is 0.612. The molecule has 2 aromatic rings. The number of rotatable bonds is 4. The topological polar surface area (TPSA) is 29.3 Å². The molecule has 84 valence electrons. The molecule has 1 N–H and O–H groups in total. The summed E-state index contributed by atoms with van der Waals surface area (Å²) >= 11 is 5.68. The maximum atomic E-state index is 5.68. The second-order valence-electron chi connectivity index (χ2n) is 3.81. The monoisotopic (exact) mass is 235 g/mol. The first-order chi connectivity index (χ1) is 7.66. The van der Waals surface area contributed by atoms with E-state index in [0.29, 0.717) is 11.6 Å². The number of nitrogens with zero attached hydrogens (tertiary/aromatic N) is 2. The van der Waals surface area contributed by atoms with Gasteiger partial charge in [0.1, 0.15) is 5.65 Å². The van der Waals surface area contributed by atoms with Gasteiger partial charge in [0.2, 0.25) is 0 Å². The number of aromatic nitrogens is 2. The lowest BCUT2D eigenvalue weighted by molar-refractivity contribution is 0.729. The lowest BCUT2D eigenvalue weighted by atomic mass is 10.3. The van der Waals surface area contributed by atoms with Crippen molar-refractivity contribution < 1.29 is 0 Å². The molecule has 2 rings (SSSR count). The van der Waals surface area contributed by atoms with E-state index in [1.807, 2.05) is 12.3 Å². The van der Waals surface area contributed by atoms with Gasteiger partial charge in [-0.25, -0.2) is 4.98 Å². The van der Waals surface area contributed by atoms with Crippen LogP contribution in [-0.2, 0) is 6.54 Å². The summed E-state index contributed by atoms with van der Waals surface area (Å²) in [5, 5.41) is 3.82. The Morgan fingerprint density at radius 2 is 2.38 bits per heavy atom. The highest BCUT2D eigenvalue weighted by Gasteiger charge is 2.02. The number of imidazole rings is 1. The van der Waals surface area contributed by atoms with Crippen LogP contribution < -0.4 is 5.32 Å².